The number of aryl methyl sites for hydroxylation is 2. The Bertz CT molecular complexity index is 699. The molecule has 0 fully saturated rings. The Balaban J connectivity index is 1.83. The Kier molecular flexibility index (Phi) is 5.72. The van der Waals surface area contributed by atoms with Crippen LogP contribution in [-0.2, 0) is 4.79 Å². The first-order valence-corrected chi connectivity index (χ1v) is 7.61. The van der Waals surface area contributed by atoms with E-state index in [1.165, 1.54) is 0 Å². The number of nitrogens with zero attached hydrogens (tertiary/aromatic N) is 1. The number of carbonyl (C=O) groups is 1. The van der Waals surface area contributed by atoms with E-state index in [1.807, 2.05) is 56.3 Å². The Morgan fingerprint density at radius 3 is 2.82 bits per heavy atom. The van der Waals surface area contributed by atoms with E-state index in [2.05, 4.69) is 26.5 Å². The Morgan fingerprint density at radius 1 is 1.27 bits per heavy atom. The summed E-state index contributed by atoms with van der Waals surface area (Å²) in [6.45, 7) is 3.89. The molecule has 0 aliphatic rings. The van der Waals surface area contributed by atoms with Crippen LogP contribution in [0.2, 0.25) is 0 Å². The number of hydrogen-bond donors (Lipinski definition) is 1. The maximum atomic E-state index is 11.7. The molecule has 5 heteroatoms. The van der Waals surface area contributed by atoms with Gasteiger partial charge < -0.3 is 4.74 Å². The molecule has 22 heavy (non-hydrogen) atoms. The van der Waals surface area contributed by atoms with Crippen LogP contribution >= 0.6 is 15.9 Å². The van der Waals surface area contributed by atoms with E-state index in [0.717, 1.165) is 21.2 Å². The van der Waals surface area contributed by atoms with Gasteiger partial charge in [0.1, 0.15) is 5.75 Å². The lowest BCUT2D eigenvalue weighted by Crippen LogP contribution is -2.24. The smallest absolute Gasteiger partial charge is 0.277 e. The summed E-state index contributed by atoms with van der Waals surface area (Å²) < 4.78 is 6.44. The fourth-order valence-electron chi connectivity index (χ4n) is 1.90. The molecule has 0 atom stereocenters. The lowest BCUT2D eigenvalue weighted by atomic mass is 10.1. The summed E-state index contributed by atoms with van der Waals surface area (Å²) in [5.41, 5.74) is 5.50. The number of rotatable bonds is 5. The minimum absolute atomic E-state index is 0.0697. The summed E-state index contributed by atoms with van der Waals surface area (Å²) in [5.74, 6) is 0.406. The third-order valence-corrected chi connectivity index (χ3v) is 3.43. The van der Waals surface area contributed by atoms with Crippen LogP contribution in [0.5, 0.6) is 5.75 Å². The molecule has 2 aromatic rings. The van der Waals surface area contributed by atoms with Gasteiger partial charge in [0, 0.05) is 4.47 Å². The second-order valence-electron chi connectivity index (χ2n) is 4.91. The molecule has 0 aromatic heterocycles. The van der Waals surface area contributed by atoms with Crippen LogP contribution in [0, 0.1) is 13.8 Å². The molecule has 0 aliphatic carbocycles. The molecule has 2 rings (SSSR count). The van der Waals surface area contributed by atoms with Gasteiger partial charge in [-0.2, -0.15) is 5.10 Å². The molecule has 0 saturated carbocycles. The number of hydrogen-bond acceptors (Lipinski definition) is 3. The normalized spacial score (nSPS) is 10.7. The van der Waals surface area contributed by atoms with E-state index in [4.69, 9.17) is 4.74 Å². The molecule has 1 amide bonds. The van der Waals surface area contributed by atoms with Gasteiger partial charge in [-0.3, -0.25) is 4.79 Å². The molecule has 1 N–H and O–H groups in total. The lowest BCUT2D eigenvalue weighted by molar-refractivity contribution is -0.123. The second-order valence-corrected chi connectivity index (χ2v) is 5.82. The highest BCUT2D eigenvalue weighted by molar-refractivity contribution is 9.10. The maximum Gasteiger partial charge on any atom is 0.277 e. The quantitative estimate of drug-likeness (QED) is 0.654. The Labute approximate surface area is 138 Å². The average molecular weight is 361 g/mol. The predicted molar refractivity (Wildman–Crippen MR) is 91.3 cm³/mol. The highest BCUT2D eigenvalue weighted by atomic mass is 79.9. The fraction of sp³-hybridized carbons (Fsp3) is 0.176. The van der Waals surface area contributed by atoms with Crippen LogP contribution in [0.4, 0.5) is 0 Å². The largest absolute Gasteiger partial charge is 0.483 e. The Hall–Kier alpha value is -2.14. The molecular weight excluding hydrogens is 344 g/mol. The van der Waals surface area contributed by atoms with Gasteiger partial charge in [-0.25, -0.2) is 5.43 Å². The van der Waals surface area contributed by atoms with Crippen LogP contribution in [-0.4, -0.2) is 18.7 Å². The van der Waals surface area contributed by atoms with Crippen molar-refractivity contribution in [3.8, 4) is 5.75 Å². The zero-order chi connectivity index (χ0) is 15.9. The van der Waals surface area contributed by atoms with E-state index < -0.39 is 0 Å². The number of amides is 1. The zero-order valence-electron chi connectivity index (χ0n) is 12.5. The average Bonchev–Trinajstić information content (AvgIpc) is 2.46. The number of hydrazone groups is 1. The van der Waals surface area contributed by atoms with Crippen molar-refractivity contribution in [1.82, 2.24) is 5.43 Å². The third kappa shape index (κ3) is 5.00. The summed E-state index contributed by atoms with van der Waals surface area (Å²) in [4.78, 5) is 11.7. The monoisotopic (exact) mass is 360 g/mol. The third-order valence-electron chi connectivity index (χ3n) is 2.94. The van der Waals surface area contributed by atoms with Gasteiger partial charge in [0.2, 0.25) is 0 Å². The summed E-state index contributed by atoms with van der Waals surface area (Å²) in [7, 11) is 0. The van der Waals surface area contributed by atoms with Crippen LogP contribution < -0.4 is 10.2 Å². The van der Waals surface area contributed by atoms with Crippen molar-refractivity contribution >= 4 is 28.1 Å². The maximum absolute atomic E-state index is 11.7. The van der Waals surface area contributed by atoms with Crippen molar-refractivity contribution in [3.63, 3.8) is 0 Å². The van der Waals surface area contributed by atoms with Crippen LogP contribution in [0.15, 0.2) is 52.0 Å². The highest BCUT2D eigenvalue weighted by Crippen LogP contribution is 2.18. The van der Waals surface area contributed by atoms with Gasteiger partial charge in [-0.1, -0.05) is 45.8 Å². The summed E-state index contributed by atoms with van der Waals surface area (Å²) >= 11 is 3.38. The molecule has 0 unspecified atom stereocenters. The van der Waals surface area contributed by atoms with Crippen molar-refractivity contribution in [2.45, 2.75) is 13.8 Å². The fourth-order valence-corrected chi connectivity index (χ4v) is 2.32. The Morgan fingerprint density at radius 2 is 2.09 bits per heavy atom. The van der Waals surface area contributed by atoms with Gasteiger partial charge in [0.15, 0.2) is 6.61 Å². The van der Waals surface area contributed by atoms with Crippen molar-refractivity contribution in [2.75, 3.05) is 6.61 Å². The van der Waals surface area contributed by atoms with Gasteiger partial charge in [0.25, 0.3) is 5.91 Å². The van der Waals surface area contributed by atoms with Gasteiger partial charge in [0.05, 0.1) is 6.21 Å². The van der Waals surface area contributed by atoms with Crippen LogP contribution in [0.1, 0.15) is 16.7 Å². The molecule has 4 nitrogen and oxygen atoms in total. The van der Waals surface area contributed by atoms with Gasteiger partial charge in [-0.15, -0.1) is 0 Å². The molecular formula is C17H17BrN2O2. The molecule has 2 aromatic carbocycles. The van der Waals surface area contributed by atoms with Gasteiger partial charge >= 0.3 is 0 Å². The summed E-state index contributed by atoms with van der Waals surface area (Å²) in [6, 6.07) is 13.5. The molecule has 0 saturated heterocycles. The molecule has 0 bridgehead atoms. The standard InChI is InChI=1S/C17H17BrN2O2/c1-12-6-7-16(13(2)8-12)22-11-17(21)20-19-10-14-4-3-5-15(18)9-14/h3-10H,11H2,1-2H3,(H,20,21). The topological polar surface area (TPSA) is 50.7 Å². The summed E-state index contributed by atoms with van der Waals surface area (Å²) in [6.07, 6.45) is 1.58. The molecule has 114 valence electrons. The van der Waals surface area contributed by atoms with E-state index >= 15 is 0 Å². The van der Waals surface area contributed by atoms with Gasteiger partial charge in [-0.05, 0) is 43.2 Å². The second kappa shape index (κ2) is 7.75. The summed E-state index contributed by atoms with van der Waals surface area (Å²) in [5, 5.41) is 3.91. The molecule has 0 heterocycles. The van der Waals surface area contributed by atoms with E-state index in [0.29, 0.717) is 5.75 Å². The molecule has 0 spiro atoms. The lowest BCUT2D eigenvalue weighted by Gasteiger charge is -2.08. The SMILES string of the molecule is Cc1ccc(OCC(=O)NN=Cc2cccc(Br)c2)c(C)c1. The predicted octanol–water partition coefficient (Wildman–Crippen LogP) is 3.60. The molecule has 0 aliphatic heterocycles. The minimum Gasteiger partial charge on any atom is -0.483 e. The van der Waals surface area contributed by atoms with Crippen molar-refractivity contribution in [2.24, 2.45) is 5.10 Å². The number of carbonyl (C=O) groups excluding carboxylic acids is 1. The van der Waals surface area contributed by atoms with E-state index in [1.54, 1.807) is 6.21 Å². The highest BCUT2D eigenvalue weighted by Gasteiger charge is 2.04. The van der Waals surface area contributed by atoms with Crippen molar-refractivity contribution in [1.29, 1.82) is 0 Å². The zero-order valence-corrected chi connectivity index (χ0v) is 14.1. The first kappa shape index (κ1) is 16.2. The first-order valence-electron chi connectivity index (χ1n) is 6.82. The number of benzene rings is 2. The number of ether oxygens (including phenoxy) is 1. The number of nitrogens with one attached hydrogen (secondary N) is 1. The van der Waals surface area contributed by atoms with Crippen molar-refractivity contribution in [3.05, 3.63) is 63.6 Å². The van der Waals surface area contributed by atoms with E-state index in [9.17, 15) is 4.79 Å². The first-order chi connectivity index (χ1) is 10.5. The van der Waals surface area contributed by atoms with E-state index in [-0.39, 0.29) is 12.5 Å². The van der Waals surface area contributed by atoms with Crippen LogP contribution in [0.25, 0.3) is 0 Å². The number of halogens is 1. The van der Waals surface area contributed by atoms with Crippen molar-refractivity contribution < 1.29 is 9.53 Å². The minimum atomic E-state index is -0.300. The van der Waals surface area contributed by atoms with Crippen LogP contribution in [0.3, 0.4) is 0 Å². The molecule has 0 radical (unpaired) electrons.